The largest absolute Gasteiger partial charge is 0.419 e. The molecule has 1 aliphatic heterocycles. The van der Waals surface area contributed by atoms with Crippen molar-refractivity contribution in [2.75, 3.05) is 25.0 Å². The van der Waals surface area contributed by atoms with E-state index in [1.165, 1.54) is 0 Å². The number of carbonyl (C=O) groups is 1. The zero-order chi connectivity index (χ0) is 23.5. The second kappa shape index (κ2) is 9.60. The number of hydrogen-bond donors (Lipinski definition) is 3. The number of aromatic nitrogens is 3. The highest BCUT2D eigenvalue weighted by Crippen LogP contribution is 2.38. The summed E-state index contributed by atoms with van der Waals surface area (Å²) in [5.41, 5.74) is -1.10. The van der Waals surface area contributed by atoms with Crippen LogP contribution in [0.25, 0.3) is 0 Å². The van der Waals surface area contributed by atoms with Gasteiger partial charge in [-0.25, -0.2) is 9.97 Å². The fourth-order valence-electron chi connectivity index (χ4n) is 4.58. The molecule has 0 spiro atoms. The van der Waals surface area contributed by atoms with E-state index in [1.807, 2.05) is 18.2 Å². The molecule has 3 N–H and O–H groups in total. The van der Waals surface area contributed by atoms with Gasteiger partial charge in [0.05, 0.1) is 17.8 Å². The minimum Gasteiger partial charge on any atom is -0.384 e. The summed E-state index contributed by atoms with van der Waals surface area (Å²) in [6.07, 6.45) is 2.41. The Kier molecular flexibility index (Phi) is 6.80. The van der Waals surface area contributed by atoms with Gasteiger partial charge in [-0.2, -0.15) is 13.2 Å². The molecule has 2 aromatic heterocycles. The third-order valence-corrected chi connectivity index (χ3v) is 6.41. The molecule has 1 aliphatic carbocycles. The Morgan fingerprint density at radius 2 is 1.88 bits per heavy atom. The van der Waals surface area contributed by atoms with Crippen molar-refractivity contribution in [1.82, 2.24) is 25.2 Å². The lowest BCUT2D eigenvalue weighted by molar-refractivity contribution is -0.138. The number of likely N-dealkylation sites (tertiary alicyclic amines) is 1. The maximum atomic E-state index is 12.6. The van der Waals surface area contributed by atoms with Crippen LogP contribution in [0, 0.1) is 0 Å². The summed E-state index contributed by atoms with van der Waals surface area (Å²) in [7, 11) is 0. The number of nitrogens with one attached hydrogen (secondary N) is 2. The number of nitrogens with zero attached hydrogens (tertiary/aromatic N) is 4. The first-order valence-corrected chi connectivity index (χ1v) is 11.0. The minimum absolute atomic E-state index is 0.00410. The lowest BCUT2D eigenvalue weighted by atomic mass is 9.79. The zero-order valence-electron chi connectivity index (χ0n) is 18.1. The number of aliphatic hydroxyl groups is 1. The SMILES string of the molecule is O=C(CNc1ncc(C(F)(F)F)cn1)NC1CCN(C2CCC(O)(c3ccccn3)CC2)C1. The van der Waals surface area contributed by atoms with Gasteiger partial charge in [-0.05, 0) is 44.2 Å². The van der Waals surface area contributed by atoms with Gasteiger partial charge >= 0.3 is 6.18 Å². The number of rotatable bonds is 6. The Labute approximate surface area is 189 Å². The van der Waals surface area contributed by atoms with Crippen molar-refractivity contribution in [3.63, 3.8) is 0 Å². The number of pyridine rings is 1. The minimum atomic E-state index is -4.50. The van der Waals surface area contributed by atoms with E-state index in [9.17, 15) is 23.1 Å². The normalized spacial score (nSPS) is 26.2. The van der Waals surface area contributed by atoms with Crippen molar-refractivity contribution in [1.29, 1.82) is 0 Å². The molecule has 0 bridgehead atoms. The van der Waals surface area contributed by atoms with E-state index >= 15 is 0 Å². The van der Waals surface area contributed by atoms with Gasteiger partial charge in [0.15, 0.2) is 0 Å². The fourth-order valence-corrected chi connectivity index (χ4v) is 4.58. The molecule has 8 nitrogen and oxygen atoms in total. The Hall–Kier alpha value is -2.79. The van der Waals surface area contributed by atoms with E-state index < -0.39 is 17.3 Å². The molecule has 1 unspecified atom stereocenters. The molecule has 0 aromatic carbocycles. The molecule has 33 heavy (non-hydrogen) atoms. The summed E-state index contributed by atoms with van der Waals surface area (Å²) in [5, 5.41) is 16.6. The van der Waals surface area contributed by atoms with Gasteiger partial charge in [0.2, 0.25) is 11.9 Å². The van der Waals surface area contributed by atoms with Gasteiger partial charge in [-0.1, -0.05) is 6.07 Å². The van der Waals surface area contributed by atoms with Gasteiger partial charge in [-0.3, -0.25) is 14.7 Å². The van der Waals surface area contributed by atoms with Gasteiger partial charge in [0, 0.05) is 43.8 Å². The topological polar surface area (TPSA) is 103 Å². The standard InChI is InChI=1S/C22H27F3N6O2/c23-22(24,25)15-11-27-20(28-12-15)29-13-19(32)30-16-6-10-31(14-16)17-4-7-21(33,8-5-17)18-3-1-2-9-26-18/h1-3,9,11-12,16-17,33H,4-8,10,13-14H2,(H,30,32)(H,27,28,29). The summed E-state index contributed by atoms with van der Waals surface area (Å²) in [6.45, 7) is 1.48. The van der Waals surface area contributed by atoms with Gasteiger partial charge in [-0.15, -0.1) is 0 Å². The van der Waals surface area contributed by atoms with Crippen LogP contribution in [0.3, 0.4) is 0 Å². The van der Waals surface area contributed by atoms with Gasteiger partial charge in [0.25, 0.3) is 0 Å². The number of halogens is 3. The second-order valence-corrected chi connectivity index (χ2v) is 8.67. The highest BCUT2D eigenvalue weighted by molar-refractivity contribution is 5.80. The molecule has 0 radical (unpaired) electrons. The summed E-state index contributed by atoms with van der Waals surface area (Å²) < 4.78 is 37.7. The molecule has 2 aromatic rings. The predicted octanol–water partition coefficient (Wildman–Crippen LogP) is 2.32. The van der Waals surface area contributed by atoms with Crippen LogP contribution in [0.2, 0.25) is 0 Å². The van der Waals surface area contributed by atoms with E-state index in [0.717, 1.165) is 38.0 Å². The summed E-state index contributed by atoms with van der Waals surface area (Å²) in [4.78, 5) is 26.1. The van der Waals surface area contributed by atoms with E-state index in [4.69, 9.17) is 0 Å². The lowest BCUT2D eigenvalue weighted by Crippen LogP contribution is -2.44. The van der Waals surface area contributed by atoms with Crippen molar-refractivity contribution >= 4 is 11.9 Å². The highest BCUT2D eigenvalue weighted by atomic mass is 19.4. The summed E-state index contributed by atoms with van der Waals surface area (Å²) in [6, 6.07) is 5.95. The number of alkyl halides is 3. The quantitative estimate of drug-likeness (QED) is 0.603. The molecule has 2 fully saturated rings. The second-order valence-electron chi connectivity index (χ2n) is 8.67. The Bertz CT molecular complexity index is 933. The number of amides is 1. The van der Waals surface area contributed by atoms with Crippen LogP contribution in [-0.2, 0) is 16.6 Å². The van der Waals surface area contributed by atoms with Crippen LogP contribution in [-0.4, -0.2) is 62.6 Å². The summed E-state index contributed by atoms with van der Waals surface area (Å²) >= 11 is 0. The molecule has 2 aliphatic rings. The Balaban J connectivity index is 1.20. The van der Waals surface area contributed by atoms with E-state index in [-0.39, 0.29) is 24.4 Å². The molecule has 11 heteroatoms. The van der Waals surface area contributed by atoms with Crippen LogP contribution in [0.1, 0.15) is 43.4 Å². The third-order valence-electron chi connectivity index (χ3n) is 6.41. The molecule has 4 rings (SSSR count). The van der Waals surface area contributed by atoms with E-state index in [2.05, 4.69) is 30.5 Å². The van der Waals surface area contributed by atoms with Gasteiger partial charge in [0.1, 0.15) is 5.60 Å². The maximum Gasteiger partial charge on any atom is 0.419 e. The molecule has 178 valence electrons. The smallest absolute Gasteiger partial charge is 0.384 e. The number of hydrogen-bond acceptors (Lipinski definition) is 7. The van der Waals surface area contributed by atoms with Crippen molar-refractivity contribution in [3.05, 3.63) is 48.0 Å². The monoisotopic (exact) mass is 464 g/mol. The Morgan fingerprint density at radius 1 is 1.15 bits per heavy atom. The molecule has 1 atom stereocenters. The maximum absolute atomic E-state index is 12.6. The summed E-state index contributed by atoms with van der Waals surface area (Å²) in [5.74, 6) is -0.299. The first-order chi connectivity index (χ1) is 15.7. The first-order valence-electron chi connectivity index (χ1n) is 11.0. The van der Waals surface area contributed by atoms with Gasteiger partial charge < -0.3 is 15.7 Å². The van der Waals surface area contributed by atoms with Crippen LogP contribution < -0.4 is 10.6 Å². The van der Waals surface area contributed by atoms with Crippen molar-refractivity contribution < 1.29 is 23.1 Å². The number of carbonyl (C=O) groups excluding carboxylic acids is 1. The average Bonchev–Trinajstić information content (AvgIpc) is 3.27. The first kappa shape index (κ1) is 23.4. The van der Waals surface area contributed by atoms with Crippen LogP contribution in [0.15, 0.2) is 36.8 Å². The van der Waals surface area contributed by atoms with Crippen LogP contribution >= 0.6 is 0 Å². The van der Waals surface area contributed by atoms with E-state index in [0.29, 0.717) is 31.3 Å². The van der Waals surface area contributed by atoms with Crippen LogP contribution in [0.4, 0.5) is 19.1 Å². The third kappa shape index (κ3) is 5.77. The molecule has 1 saturated heterocycles. The molecule has 1 amide bonds. The Morgan fingerprint density at radius 3 is 2.52 bits per heavy atom. The highest BCUT2D eigenvalue weighted by Gasteiger charge is 2.39. The van der Waals surface area contributed by atoms with Crippen LogP contribution in [0.5, 0.6) is 0 Å². The van der Waals surface area contributed by atoms with Crippen molar-refractivity contribution in [3.8, 4) is 0 Å². The average molecular weight is 464 g/mol. The zero-order valence-corrected chi connectivity index (χ0v) is 18.1. The molecule has 1 saturated carbocycles. The molecular weight excluding hydrogens is 437 g/mol. The van der Waals surface area contributed by atoms with Crippen molar-refractivity contribution in [2.45, 2.75) is 56.0 Å². The van der Waals surface area contributed by atoms with Crippen molar-refractivity contribution in [2.24, 2.45) is 0 Å². The van der Waals surface area contributed by atoms with E-state index in [1.54, 1.807) is 6.20 Å². The fraction of sp³-hybridized carbons (Fsp3) is 0.545. The molecular formula is C22H27F3N6O2. The molecule has 3 heterocycles. The lowest BCUT2D eigenvalue weighted by Gasteiger charge is -2.39. The predicted molar refractivity (Wildman–Crippen MR) is 114 cm³/mol. The number of anilines is 1.